The summed E-state index contributed by atoms with van der Waals surface area (Å²) in [4.78, 5) is 5.83. The molecule has 3 heterocycles. The Labute approximate surface area is 419 Å². The maximum Gasteiger partial charge on any atom is 0.328 e. The molecule has 3 aliphatic heterocycles. The van der Waals surface area contributed by atoms with E-state index < -0.39 is 0 Å². The van der Waals surface area contributed by atoms with Gasteiger partial charge in [0, 0.05) is 45.6 Å². The fourth-order valence-corrected chi connectivity index (χ4v) is 14.7. The molecule has 0 N–H and O–H groups in total. The Hall–Kier alpha value is -5.80. The molecule has 0 amide bonds. The van der Waals surface area contributed by atoms with E-state index in [0.717, 1.165) is 6.42 Å². The Bertz CT molecular complexity index is 3360. The summed E-state index contributed by atoms with van der Waals surface area (Å²) in [7, 11) is 0. The third-order valence-corrected chi connectivity index (χ3v) is 19.2. The Morgan fingerprint density at radius 2 is 1.11 bits per heavy atom. The summed E-state index contributed by atoms with van der Waals surface area (Å²) in [6.45, 7) is 29.6. The van der Waals surface area contributed by atoms with Crippen molar-refractivity contribution in [3.8, 4) is 44.5 Å². The lowest BCUT2D eigenvalue weighted by Gasteiger charge is -2.55. The average Bonchev–Trinajstić information content (AvgIpc) is 3.80. The van der Waals surface area contributed by atoms with Gasteiger partial charge < -0.3 is 9.71 Å². The van der Waals surface area contributed by atoms with Gasteiger partial charge >= 0.3 is 6.85 Å². The van der Waals surface area contributed by atoms with E-state index in [0.29, 0.717) is 0 Å². The lowest BCUT2D eigenvalue weighted by molar-refractivity contribution is 0.199. The zero-order chi connectivity index (χ0) is 48.7. The molecule has 0 aromatic heterocycles. The Morgan fingerprint density at radius 3 is 1.80 bits per heavy atom. The lowest BCUT2D eigenvalue weighted by Crippen LogP contribution is -2.70. The van der Waals surface area contributed by atoms with Crippen molar-refractivity contribution in [2.24, 2.45) is 0 Å². The van der Waals surface area contributed by atoms with Crippen molar-refractivity contribution in [1.29, 1.82) is 0 Å². The van der Waals surface area contributed by atoms with Crippen molar-refractivity contribution in [2.45, 2.75) is 161 Å². The van der Waals surface area contributed by atoms with Crippen LogP contribution in [-0.2, 0) is 33.5 Å². The minimum atomic E-state index is -0.0717. The average molecular weight is 915 g/mol. The third-order valence-electron chi connectivity index (χ3n) is 19.2. The highest BCUT2D eigenvalue weighted by atomic mass is 15.2. The molecule has 3 aliphatic carbocycles. The molecule has 1 fully saturated rings. The largest absolute Gasteiger partial charge is 0.400 e. The molecule has 7 aromatic rings. The van der Waals surface area contributed by atoms with Gasteiger partial charge in [-0.3, -0.25) is 0 Å². The van der Waals surface area contributed by atoms with Crippen molar-refractivity contribution < 1.29 is 0 Å². The molecule has 0 saturated heterocycles. The van der Waals surface area contributed by atoms with Crippen LogP contribution in [0.5, 0.6) is 0 Å². The van der Waals surface area contributed by atoms with Gasteiger partial charge in [-0.1, -0.05) is 186 Å². The Morgan fingerprint density at radius 1 is 0.471 bits per heavy atom. The van der Waals surface area contributed by atoms with Gasteiger partial charge in [0.2, 0.25) is 0 Å². The van der Waals surface area contributed by atoms with Gasteiger partial charge in [-0.2, -0.15) is 0 Å². The fourth-order valence-electron chi connectivity index (χ4n) is 14.7. The first-order valence-electron chi connectivity index (χ1n) is 26.8. The molecule has 6 aliphatic rings. The van der Waals surface area contributed by atoms with E-state index in [4.69, 9.17) is 0 Å². The highest BCUT2D eigenvalue weighted by Gasteiger charge is 2.63. The van der Waals surface area contributed by atoms with Crippen molar-refractivity contribution in [2.75, 3.05) is 9.71 Å². The maximum absolute atomic E-state index is 3.03. The van der Waals surface area contributed by atoms with Gasteiger partial charge in [0.05, 0.1) is 5.69 Å². The van der Waals surface area contributed by atoms with Crippen LogP contribution in [0.3, 0.4) is 0 Å². The fraction of sp³-hybridized carbons (Fsp3) is 0.373. The van der Waals surface area contributed by atoms with Crippen LogP contribution >= 0.6 is 0 Å². The van der Waals surface area contributed by atoms with Crippen LogP contribution < -0.4 is 20.6 Å². The normalized spacial score (nSPS) is 21.9. The smallest absolute Gasteiger partial charge is 0.328 e. The minimum Gasteiger partial charge on any atom is -0.400 e. The molecule has 70 heavy (non-hydrogen) atoms. The zero-order valence-electron chi connectivity index (χ0n) is 44.0. The predicted molar refractivity (Wildman–Crippen MR) is 300 cm³/mol. The van der Waals surface area contributed by atoms with Crippen LogP contribution in [-0.4, -0.2) is 12.4 Å². The number of anilines is 4. The lowest BCUT2D eigenvalue weighted by atomic mass is 9.42. The second-order valence-electron chi connectivity index (χ2n) is 26.3. The van der Waals surface area contributed by atoms with Crippen molar-refractivity contribution in [1.82, 2.24) is 0 Å². The standard InChI is InChI=1S/C67H71BN2/c1-62(2,3)45-25-28-57(49(37-45)42-23-17-14-18-24-42)69-58-36-43(41-21-15-13-16-22-41)33-50-52-38-46(63(4,5)6)39-55-60(52)70(67(12)30-20-19-29-66(55,67)11)68(59(50)58)56-27-26-47-48-40-54-53(35-44(48)34-51(47)61(56)69)64(7,8)31-32-65(54,9)10/h13-18,21-28,33,35-40H,19-20,29-32,34H2,1-12H3. The third kappa shape index (κ3) is 5.99. The zero-order valence-corrected chi connectivity index (χ0v) is 44.0. The molecule has 2 nitrogen and oxygen atoms in total. The Balaban J connectivity index is 1.18. The molecule has 7 aromatic carbocycles. The summed E-state index contributed by atoms with van der Waals surface area (Å²) in [5.41, 5.74) is 29.7. The highest BCUT2D eigenvalue weighted by molar-refractivity contribution is 6.93. The number of hydrogen-bond acceptors (Lipinski definition) is 2. The van der Waals surface area contributed by atoms with Gasteiger partial charge in [0.25, 0.3) is 0 Å². The van der Waals surface area contributed by atoms with Crippen molar-refractivity contribution in [3.05, 3.63) is 166 Å². The summed E-state index contributed by atoms with van der Waals surface area (Å²) in [6, 6.07) is 50.9. The first-order chi connectivity index (χ1) is 33.2. The summed E-state index contributed by atoms with van der Waals surface area (Å²) in [5, 5.41) is 0. The molecule has 2 atom stereocenters. The molecule has 3 heteroatoms. The molecule has 13 rings (SSSR count). The van der Waals surface area contributed by atoms with Gasteiger partial charge in [-0.25, -0.2) is 0 Å². The molecule has 0 bridgehead atoms. The molecule has 2 unspecified atom stereocenters. The van der Waals surface area contributed by atoms with E-state index in [1.54, 1.807) is 16.7 Å². The molecule has 352 valence electrons. The first-order valence-corrected chi connectivity index (χ1v) is 26.8. The molecule has 0 radical (unpaired) electrons. The van der Waals surface area contributed by atoms with E-state index in [9.17, 15) is 0 Å². The van der Waals surface area contributed by atoms with Crippen LogP contribution in [0.25, 0.3) is 44.5 Å². The van der Waals surface area contributed by atoms with Crippen LogP contribution in [0.2, 0.25) is 0 Å². The minimum absolute atomic E-state index is 0.00721. The van der Waals surface area contributed by atoms with Gasteiger partial charge in [-0.05, 0) is 168 Å². The number of nitrogens with zero attached hydrogens (tertiary/aromatic N) is 2. The monoisotopic (exact) mass is 915 g/mol. The van der Waals surface area contributed by atoms with Crippen molar-refractivity contribution >= 4 is 40.5 Å². The second-order valence-corrected chi connectivity index (χ2v) is 26.3. The van der Waals surface area contributed by atoms with E-state index >= 15 is 0 Å². The second kappa shape index (κ2) is 14.4. The number of hydrogen-bond donors (Lipinski definition) is 0. The van der Waals surface area contributed by atoms with Crippen LogP contribution in [0.15, 0.2) is 127 Å². The van der Waals surface area contributed by atoms with Gasteiger partial charge in [-0.15, -0.1) is 0 Å². The quantitative estimate of drug-likeness (QED) is 0.163. The summed E-state index contributed by atoms with van der Waals surface area (Å²) in [5.74, 6) is 0. The highest BCUT2D eigenvalue weighted by Crippen LogP contribution is 2.64. The van der Waals surface area contributed by atoms with E-state index in [1.165, 1.54) is 139 Å². The number of fused-ring (bicyclic) bond motifs is 12. The first kappa shape index (κ1) is 44.2. The summed E-state index contributed by atoms with van der Waals surface area (Å²) < 4.78 is 0. The van der Waals surface area contributed by atoms with Gasteiger partial charge in [0.15, 0.2) is 0 Å². The number of rotatable bonds is 3. The summed E-state index contributed by atoms with van der Waals surface area (Å²) >= 11 is 0. The number of benzene rings is 7. The van der Waals surface area contributed by atoms with Gasteiger partial charge in [0.1, 0.15) is 0 Å². The molecular formula is C67H71BN2. The van der Waals surface area contributed by atoms with Crippen molar-refractivity contribution in [3.63, 3.8) is 0 Å². The Kier molecular flexibility index (Phi) is 9.10. The summed E-state index contributed by atoms with van der Waals surface area (Å²) in [6.07, 6.45) is 8.28. The van der Waals surface area contributed by atoms with E-state index in [2.05, 4.69) is 220 Å². The van der Waals surface area contributed by atoms with Crippen LogP contribution in [0.4, 0.5) is 22.7 Å². The van der Waals surface area contributed by atoms with E-state index in [-0.39, 0.29) is 39.5 Å². The van der Waals surface area contributed by atoms with Crippen LogP contribution in [0.1, 0.15) is 161 Å². The molecular weight excluding hydrogens is 844 g/mol. The molecule has 1 saturated carbocycles. The SMILES string of the molecule is CC(C)(C)c1ccc(N2c3cc(-c4ccccc4)cc4c3B(c3ccc5c(c32)Cc2cc3c(cc2-5)C(C)(C)CCC3(C)C)N2c3c-4cc(C(C)(C)C)cc3C3(C)CCCCC23C)c(-c2ccccc2)c1. The predicted octanol–water partition coefficient (Wildman–Crippen LogP) is 16.5. The molecule has 0 spiro atoms. The maximum atomic E-state index is 3.03. The van der Waals surface area contributed by atoms with E-state index in [1.807, 2.05) is 0 Å². The van der Waals surface area contributed by atoms with Crippen LogP contribution in [0, 0.1) is 0 Å². The topological polar surface area (TPSA) is 6.48 Å².